The highest BCUT2D eigenvalue weighted by molar-refractivity contribution is 7.84. The predicted molar refractivity (Wildman–Crippen MR) is 60.3 cm³/mol. The molecular formula is C11H12F2OS. The quantitative estimate of drug-likeness (QED) is 0.773. The summed E-state index contributed by atoms with van der Waals surface area (Å²) in [5.41, 5.74) is 1.96. The van der Waals surface area contributed by atoms with Crippen LogP contribution in [0, 0.1) is 0 Å². The summed E-state index contributed by atoms with van der Waals surface area (Å²) in [5, 5.41) is 0. The minimum atomic E-state index is -2.78. The van der Waals surface area contributed by atoms with Gasteiger partial charge in [-0.2, -0.15) is 8.78 Å². The third-order valence-electron chi connectivity index (χ3n) is 2.06. The molecule has 0 spiro atoms. The zero-order chi connectivity index (χ0) is 11.4. The SMILES string of the molecule is C/C(S)=C(/C)c1ccc(OC(F)F)cc1. The molecule has 1 aromatic rings. The third kappa shape index (κ3) is 3.55. The standard InChI is InChI=1S/C11H12F2OS/c1-7(8(2)15)9-3-5-10(6-4-9)14-11(12)13/h3-6,11,15H,1-2H3/b8-7+. The van der Waals surface area contributed by atoms with Crippen molar-refractivity contribution in [2.24, 2.45) is 0 Å². The summed E-state index contributed by atoms with van der Waals surface area (Å²) in [5.74, 6) is 0.165. The van der Waals surface area contributed by atoms with E-state index >= 15 is 0 Å². The van der Waals surface area contributed by atoms with Gasteiger partial charge in [-0.1, -0.05) is 12.1 Å². The molecule has 82 valence electrons. The summed E-state index contributed by atoms with van der Waals surface area (Å²) in [7, 11) is 0. The molecule has 0 unspecified atom stereocenters. The number of rotatable bonds is 3. The van der Waals surface area contributed by atoms with E-state index in [4.69, 9.17) is 0 Å². The van der Waals surface area contributed by atoms with E-state index in [2.05, 4.69) is 17.4 Å². The van der Waals surface area contributed by atoms with Crippen LogP contribution in [0.2, 0.25) is 0 Å². The predicted octanol–water partition coefficient (Wildman–Crippen LogP) is 3.97. The summed E-state index contributed by atoms with van der Waals surface area (Å²) in [4.78, 5) is 0.900. The summed E-state index contributed by atoms with van der Waals surface area (Å²) in [6.45, 7) is 1.02. The molecule has 0 bridgehead atoms. The van der Waals surface area contributed by atoms with Crippen LogP contribution in [0.1, 0.15) is 19.4 Å². The molecule has 0 fully saturated rings. The molecule has 0 amide bonds. The van der Waals surface area contributed by atoms with E-state index in [1.807, 2.05) is 13.8 Å². The summed E-state index contributed by atoms with van der Waals surface area (Å²) in [6.07, 6.45) is 0. The van der Waals surface area contributed by atoms with E-state index in [1.54, 1.807) is 12.1 Å². The first-order chi connectivity index (χ1) is 7.00. The topological polar surface area (TPSA) is 9.23 Å². The van der Waals surface area contributed by atoms with Crippen LogP contribution in [-0.2, 0) is 0 Å². The van der Waals surface area contributed by atoms with Crippen molar-refractivity contribution in [3.8, 4) is 5.75 Å². The molecule has 0 saturated heterocycles. The highest BCUT2D eigenvalue weighted by Gasteiger charge is 2.04. The lowest BCUT2D eigenvalue weighted by Gasteiger charge is -2.06. The van der Waals surface area contributed by atoms with Crippen molar-refractivity contribution in [3.05, 3.63) is 34.7 Å². The summed E-state index contributed by atoms with van der Waals surface area (Å²) < 4.78 is 28.0. The minimum Gasteiger partial charge on any atom is -0.435 e. The molecule has 0 aliphatic heterocycles. The second-order valence-corrected chi connectivity index (χ2v) is 3.78. The molecule has 15 heavy (non-hydrogen) atoms. The first-order valence-electron chi connectivity index (χ1n) is 4.42. The molecule has 0 radical (unpaired) electrons. The van der Waals surface area contributed by atoms with Gasteiger partial charge in [0.15, 0.2) is 0 Å². The van der Waals surface area contributed by atoms with Gasteiger partial charge < -0.3 is 4.74 Å². The average molecular weight is 230 g/mol. The number of halogens is 2. The number of hydrogen-bond acceptors (Lipinski definition) is 2. The Morgan fingerprint density at radius 1 is 1.20 bits per heavy atom. The maximum absolute atomic E-state index is 11.9. The number of alkyl halides is 2. The zero-order valence-electron chi connectivity index (χ0n) is 8.50. The Morgan fingerprint density at radius 3 is 2.13 bits per heavy atom. The molecule has 0 heterocycles. The Labute approximate surface area is 93.2 Å². The molecular weight excluding hydrogens is 218 g/mol. The van der Waals surface area contributed by atoms with Crippen LogP contribution in [0.4, 0.5) is 8.78 Å². The van der Waals surface area contributed by atoms with Crippen molar-refractivity contribution < 1.29 is 13.5 Å². The fourth-order valence-electron chi connectivity index (χ4n) is 1.10. The lowest BCUT2D eigenvalue weighted by molar-refractivity contribution is -0.0498. The molecule has 0 N–H and O–H groups in total. The fourth-order valence-corrected chi connectivity index (χ4v) is 1.22. The van der Waals surface area contributed by atoms with Gasteiger partial charge in [0.1, 0.15) is 5.75 Å². The number of allylic oxidation sites excluding steroid dienone is 2. The van der Waals surface area contributed by atoms with Crippen molar-refractivity contribution in [1.29, 1.82) is 0 Å². The van der Waals surface area contributed by atoms with Gasteiger partial charge in [-0.25, -0.2) is 0 Å². The highest BCUT2D eigenvalue weighted by atomic mass is 32.1. The van der Waals surface area contributed by atoms with Crippen molar-refractivity contribution in [1.82, 2.24) is 0 Å². The maximum Gasteiger partial charge on any atom is 0.387 e. The van der Waals surface area contributed by atoms with Crippen LogP contribution in [0.15, 0.2) is 29.2 Å². The number of hydrogen-bond donors (Lipinski definition) is 1. The molecule has 0 aliphatic carbocycles. The van der Waals surface area contributed by atoms with Crippen molar-refractivity contribution in [3.63, 3.8) is 0 Å². The molecule has 0 saturated carbocycles. The molecule has 1 nitrogen and oxygen atoms in total. The van der Waals surface area contributed by atoms with Gasteiger partial charge in [-0.15, -0.1) is 12.6 Å². The lowest BCUT2D eigenvalue weighted by atomic mass is 10.1. The largest absolute Gasteiger partial charge is 0.435 e. The van der Waals surface area contributed by atoms with Gasteiger partial charge in [-0.3, -0.25) is 0 Å². The summed E-state index contributed by atoms with van der Waals surface area (Å²) >= 11 is 4.21. The van der Waals surface area contributed by atoms with E-state index in [9.17, 15) is 8.78 Å². The molecule has 4 heteroatoms. The molecule has 0 aliphatic rings. The normalized spacial score (nSPS) is 12.7. The lowest BCUT2D eigenvalue weighted by Crippen LogP contribution is -2.01. The number of thiol groups is 1. The van der Waals surface area contributed by atoms with Crippen molar-refractivity contribution in [2.45, 2.75) is 20.5 Å². The molecule has 1 aromatic carbocycles. The van der Waals surface area contributed by atoms with Crippen molar-refractivity contribution >= 4 is 18.2 Å². The second kappa shape index (κ2) is 5.16. The smallest absolute Gasteiger partial charge is 0.387 e. The van der Waals surface area contributed by atoms with Gasteiger partial charge in [0.05, 0.1) is 0 Å². The van der Waals surface area contributed by atoms with Crippen LogP contribution in [0.3, 0.4) is 0 Å². The van der Waals surface area contributed by atoms with Crippen molar-refractivity contribution in [2.75, 3.05) is 0 Å². The Bertz CT molecular complexity index is 353. The Kier molecular flexibility index (Phi) is 4.15. The first kappa shape index (κ1) is 12.0. The van der Waals surface area contributed by atoms with Crippen LogP contribution in [-0.4, -0.2) is 6.61 Å². The van der Waals surface area contributed by atoms with E-state index in [1.165, 1.54) is 12.1 Å². The molecule has 0 aromatic heterocycles. The van der Waals surface area contributed by atoms with Gasteiger partial charge in [0.2, 0.25) is 0 Å². The van der Waals surface area contributed by atoms with Gasteiger partial charge in [-0.05, 0) is 42.0 Å². The molecule has 1 rings (SSSR count). The first-order valence-corrected chi connectivity index (χ1v) is 4.87. The zero-order valence-corrected chi connectivity index (χ0v) is 9.39. The van der Waals surface area contributed by atoms with Gasteiger partial charge in [0, 0.05) is 0 Å². The highest BCUT2D eigenvalue weighted by Crippen LogP contribution is 2.23. The minimum absolute atomic E-state index is 0.165. The van der Waals surface area contributed by atoms with Gasteiger partial charge in [0.25, 0.3) is 0 Å². The number of ether oxygens (including phenoxy) is 1. The van der Waals surface area contributed by atoms with E-state index < -0.39 is 6.61 Å². The van der Waals surface area contributed by atoms with Crippen LogP contribution < -0.4 is 4.74 Å². The monoisotopic (exact) mass is 230 g/mol. The number of benzene rings is 1. The fraction of sp³-hybridized carbons (Fsp3) is 0.273. The van der Waals surface area contributed by atoms with Crippen LogP contribution in [0.25, 0.3) is 5.57 Å². The van der Waals surface area contributed by atoms with Crippen LogP contribution in [0.5, 0.6) is 5.75 Å². The van der Waals surface area contributed by atoms with E-state index in [0.717, 1.165) is 16.0 Å². The van der Waals surface area contributed by atoms with Gasteiger partial charge >= 0.3 is 6.61 Å². The molecule has 0 atom stereocenters. The average Bonchev–Trinajstić information content (AvgIpc) is 2.17. The Balaban J connectivity index is 2.86. The summed E-state index contributed by atoms with van der Waals surface area (Å²) in [6, 6.07) is 6.49. The van der Waals surface area contributed by atoms with E-state index in [0.29, 0.717) is 0 Å². The van der Waals surface area contributed by atoms with E-state index in [-0.39, 0.29) is 5.75 Å². The maximum atomic E-state index is 11.9. The Hall–Kier alpha value is -1.03. The third-order valence-corrected chi connectivity index (χ3v) is 2.39. The second-order valence-electron chi connectivity index (χ2n) is 3.11. The van der Waals surface area contributed by atoms with Crippen LogP contribution >= 0.6 is 12.6 Å². The Morgan fingerprint density at radius 2 is 1.73 bits per heavy atom.